The Labute approximate surface area is 134 Å². The Kier molecular flexibility index (Phi) is 25.9. The molecule has 11 heavy (non-hydrogen) atoms. The van der Waals surface area contributed by atoms with Gasteiger partial charge in [0.2, 0.25) is 0 Å². The van der Waals surface area contributed by atoms with Gasteiger partial charge in [0, 0.05) is 20.4 Å². The van der Waals surface area contributed by atoms with Crippen LogP contribution in [0.5, 0.6) is 0 Å². The van der Waals surface area contributed by atoms with Crippen LogP contribution in [0.3, 0.4) is 0 Å². The van der Waals surface area contributed by atoms with Crippen LogP contribution in [0.25, 0.3) is 5.32 Å². The summed E-state index contributed by atoms with van der Waals surface area (Å²) in [5.41, 5.74) is 0. The molecule has 1 saturated heterocycles. The van der Waals surface area contributed by atoms with Crippen LogP contribution in [-0.4, -0.2) is 13.1 Å². The van der Waals surface area contributed by atoms with Crippen molar-refractivity contribution in [2.24, 2.45) is 5.92 Å². The molecule has 1 nitrogen and oxygen atoms in total. The van der Waals surface area contributed by atoms with Gasteiger partial charge in [-0.3, -0.25) is 6.54 Å². The average molecular weight is 399 g/mol. The molecule has 1 rings (SSSR count). The topological polar surface area (TPSA) is 14.1 Å². The van der Waals surface area contributed by atoms with Gasteiger partial charge in [0.05, 0.1) is 0 Å². The van der Waals surface area contributed by atoms with Crippen molar-refractivity contribution in [1.29, 1.82) is 0 Å². The molecule has 0 bridgehead atoms. The second kappa shape index (κ2) is 14.9. The maximum absolute atomic E-state index is 4.18. The second-order valence-corrected chi connectivity index (χ2v) is 1.99. The third kappa shape index (κ3) is 10.3. The fourth-order valence-corrected chi connectivity index (χ4v) is 0.834. The molecule has 0 saturated carbocycles. The van der Waals surface area contributed by atoms with Crippen molar-refractivity contribution in [2.75, 3.05) is 13.1 Å². The van der Waals surface area contributed by atoms with Gasteiger partial charge in [0.15, 0.2) is 0 Å². The molecule has 1 aliphatic rings. The molecule has 0 amide bonds. The molecular weight excluding hydrogens is 382 g/mol. The zero-order valence-corrected chi connectivity index (χ0v) is 15.7. The Morgan fingerprint density at radius 1 is 1.45 bits per heavy atom. The quantitative estimate of drug-likeness (QED) is 0.535. The zero-order valence-electron chi connectivity index (χ0n) is 8.10. The Bertz CT molecular complexity index is 56.1. The van der Waals surface area contributed by atoms with Crippen LogP contribution in [0.4, 0.5) is 0 Å². The molecule has 1 fully saturated rings. The third-order valence-corrected chi connectivity index (χ3v) is 1.46. The van der Waals surface area contributed by atoms with Gasteiger partial charge in [-0.15, -0.1) is 0 Å². The van der Waals surface area contributed by atoms with Crippen LogP contribution in [0.15, 0.2) is 0 Å². The largest absolute Gasteiger partial charge is 1.00 e. The fourth-order valence-electron chi connectivity index (χ4n) is 0.834. The molecule has 63 valence electrons. The van der Waals surface area contributed by atoms with E-state index in [-0.39, 0.29) is 78.6 Å². The zero-order chi connectivity index (χ0) is 7.11. The molecule has 0 aliphatic carbocycles. The maximum Gasteiger partial charge on any atom is 1.00 e. The van der Waals surface area contributed by atoms with E-state index in [0.717, 1.165) is 19.0 Å². The molecule has 0 N–H and O–H groups in total. The minimum absolute atomic E-state index is 0. The van der Waals surface area contributed by atoms with Crippen molar-refractivity contribution >= 4 is 0 Å². The van der Waals surface area contributed by atoms with E-state index in [4.69, 9.17) is 0 Å². The minimum atomic E-state index is 0. The van der Waals surface area contributed by atoms with E-state index in [0.29, 0.717) is 0 Å². The van der Waals surface area contributed by atoms with E-state index in [9.17, 15) is 0 Å². The first-order valence-electron chi connectivity index (χ1n) is 3.90. The maximum atomic E-state index is 4.18. The summed E-state index contributed by atoms with van der Waals surface area (Å²) in [6.45, 7) is 8.29. The van der Waals surface area contributed by atoms with Crippen molar-refractivity contribution in [3.8, 4) is 0 Å². The van der Waals surface area contributed by atoms with Gasteiger partial charge >= 0.3 is 58.2 Å². The van der Waals surface area contributed by atoms with Crippen LogP contribution in [-0.2, 0) is 20.4 Å². The number of hydrogen-bond acceptors (Lipinski definition) is 0. The Hall–Kier alpha value is 2.43. The normalized spacial score (nSPS) is 20.5. The summed E-state index contributed by atoms with van der Waals surface area (Å²) in [5.74, 6) is 0.806. The standard InChI is InChI=1S/C6H11N.C2H6.Rb.Re/c1-2-6-3-4-7-5-6;1-2;;/h3,6H,2,4-5H2,1H3;1-2H3;;/q-2;;+1;. The van der Waals surface area contributed by atoms with Crippen molar-refractivity contribution < 1.29 is 78.6 Å². The van der Waals surface area contributed by atoms with Crippen LogP contribution >= 0.6 is 0 Å². The Morgan fingerprint density at radius 3 is 2.18 bits per heavy atom. The van der Waals surface area contributed by atoms with E-state index in [2.05, 4.69) is 18.7 Å². The molecule has 0 aromatic heterocycles. The van der Waals surface area contributed by atoms with Crippen LogP contribution < -0.4 is 58.2 Å². The van der Waals surface area contributed by atoms with Gasteiger partial charge < -0.3 is 11.7 Å². The SMILES string of the molecule is CC.CCC1[CH-]C[N-]C1.[Rb+].[Re]. The molecule has 1 radical (unpaired) electrons. The first kappa shape index (κ1) is 19.1. The molecule has 0 spiro atoms. The molecule has 1 aliphatic heterocycles. The van der Waals surface area contributed by atoms with Gasteiger partial charge in [-0.05, 0) is 0 Å². The van der Waals surface area contributed by atoms with Crippen LogP contribution in [0.2, 0.25) is 0 Å². The number of nitrogens with zero attached hydrogens (tertiary/aromatic N) is 1. The summed E-state index contributed by atoms with van der Waals surface area (Å²) in [7, 11) is 0. The van der Waals surface area contributed by atoms with Crippen molar-refractivity contribution in [3.05, 3.63) is 11.7 Å². The van der Waals surface area contributed by atoms with Crippen molar-refractivity contribution in [2.45, 2.75) is 27.2 Å². The predicted octanol–water partition coefficient (Wildman–Crippen LogP) is -0.368. The summed E-state index contributed by atoms with van der Waals surface area (Å²) < 4.78 is 0. The molecule has 3 heteroatoms. The Morgan fingerprint density at radius 2 is 2.00 bits per heavy atom. The van der Waals surface area contributed by atoms with Gasteiger partial charge in [-0.25, -0.2) is 0 Å². The third-order valence-electron chi connectivity index (χ3n) is 1.46. The van der Waals surface area contributed by atoms with Gasteiger partial charge in [0.1, 0.15) is 0 Å². The number of hydrogen-bond donors (Lipinski definition) is 0. The smallest absolute Gasteiger partial charge is 0.690 e. The first-order chi connectivity index (χ1) is 4.43. The molecular formula is C8H17NRbRe-. The second-order valence-electron chi connectivity index (χ2n) is 1.99. The molecule has 1 heterocycles. The van der Waals surface area contributed by atoms with E-state index < -0.39 is 0 Å². The van der Waals surface area contributed by atoms with Gasteiger partial charge in [-0.1, -0.05) is 27.2 Å². The predicted molar refractivity (Wildman–Crippen MR) is 42.5 cm³/mol. The van der Waals surface area contributed by atoms with E-state index in [1.54, 1.807) is 0 Å². The Balaban J connectivity index is -0.000000149. The molecule has 0 aromatic rings. The summed E-state index contributed by atoms with van der Waals surface area (Å²) >= 11 is 0. The van der Waals surface area contributed by atoms with Gasteiger partial charge in [-0.2, -0.15) is 12.5 Å². The average Bonchev–Trinajstić information content (AvgIpc) is 2.43. The summed E-state index contributed by atoms with van der Waals surface area (Å²) in [6.07, 6.45) is 3.56. The van der Waals surface area contributed by atoms with E-state index in [1.807, 2.05) is 13.8 Å². The van der Waals surface area contributed by atoms with E-state index >= 15 is 0 Å². The molecule has 1 unspecified atom stereocenters. The van der Waals surface area contributed by atoms with E-state index in [1.165, 1.54) is 6.42 Å². The molecule has 1 atom stereocenters. The van der Waals surface area contributed by atoms with Crippen molar-refractivity contribution in [1.82, 2.24) is 0 Å². The van der Waals surface area contributed by atoms with Crippen LogP contribution in [0, 0.1) is 12.3 Å². The fraction of sp³-hybridized carbons (Fsp3) is 0.875. The summed E-state index contributed by atoms with van der Waals surface area (Å²) in [5, 5.41) is 4.18. The summed E-state index contributed by atoms with van der Waals surface area (Å²) in [4.78, 5) is 0. The monoisotopic (exact) mass is 399 g/mol. The molecule has 0 aromatic carbocycles. The first-order valence-corrected chi connectivity index (χ1v) is 3.90. The van der Waals surface area contributed by atoms with Crippen molar-refractivity contribution in [3.63, 3.8) is 0 Å². The van der Waals surface area contributed by atoms with Crippen LogP contribution in [0.1, 0.15) is 27.2 Å². The minimum Gasteiger partial charge on any atom is -0.690 e. The number of rotatable bonds is 1. The van der Waals surface area contributed by atoms with Gasteiger partial charge in [0.25, 0.3) is 0 Å². The summed E-state index contributed by atoms with van der Waals surface area (Å²) in [6, 6.07) is 0.